The summed E-state index contributed by atoms with van der Waals surface area (Å²) in [5, 5.41) is 0. The molecule has 4 nitrogen and oxygen atoms in total. The zero-order valence-electron chi connectivity index (χ0n) is 18.3. The predicted octanol–water partition coefficient (Wildman–Crippen LogP) is 6.07. The monoisotopic (exact) mass is 432 g/mol. The van der Waals surface area contributed by atoms with Gasteiger partial charge in [0.25, 0.3) is 0 Å². The third kappa shape index (κ3) is 7.21. The van der Waals surface area contributed by atoms with Crippen LogP contribution in [0, 0.1) is 13.8 Å². The summed E-state index contributed by atoms with van der Waals surface area (Å²) >= 11 is 1.69. The fourth-order valence-corrected chi connectivity index (χ4v) is 4.40. The molecule has 2 aromatic rings. The van der Waals surface area contributed by atoms with E-state index in [0.717, 1.165) is 27.6 Å². The number of hydrogen-bond donors (Lipinski definition) is 0. The molecule has 0 bridgehead atoms. The third-order valence-corrected chi connectivity index (χ3v) is 7.38. The largest absolute Gasteiger partial charge is 0.466 e. The van der Waals surface area contributed by atoms with Crippen molar-refractivity contribution < 1.29 is 19.0 Å². The zero-order chi connectivity index (χ0) is 21.4. The van der Waals surface area contributed by atoms with Crippen LogP contribution in [-0.4, -0.2) is 34.6 Å². The van der Waals surface area contributed by atoms with E-state index in [-0.39, 0.29) is 12.8 Å². The number of carbonyl (C=O) groups excluding carboxylic acids is 1. The van der Waals surface area contributed by atoms with E-state index in [1.807, 2.05) is 32.0 Å². The molecule has 0 aromatic heterocycles. The molecule has 0 spiro atoms. The summed E-state index contributed by atoms with van der Waals surface area (Å²) in [7, 11) is 0.288. The van der Waals surface area contributed by atoms with Crippen molar-refractivity contribution in [2.75, 3.05) is 20.5 Å². The minimum absolute atomic E-state index is 0.0880. The highest BCUT2D eigenvalue weighted by molar-refractivity contribution is 7.98. The second-order valence-electron chi connectivity index (χ2n) is 8.28. The minimum atomic E-state index is -1.28. The quantitative estimate of drug-likeness (QED) is 0.197. The lowest BCUT2D eigenvalue weighted by Gasteiger charge is -2.20. The van der Waals surface area contributed by atoms with E-state index in [2.05, 4.69) is 37.8 Å². The Labute approximate surface area is 180 Å². The molecule has 0 aliphatic rings. The number of benzene rings is 2. The van der Waals surface area contributed by atoms with E-state index < -0.39 is 8.07 Å². The average Bonchev–Trinajstić information content (AvgIpc) is 2.67. The van der Waals surface area contributed by atoms with E-state index in [9.17, 15) is 4.79 Å². The van der Waals surface area contributed by atoms with Crippen LogP contribution in [0.3, 0.4) is 0 Å². The van der Waals surface area contributed by atoms with Gasteiger partial charge in [0.1, 0.15) is 11.3 Å². The van der Waals surface area contributed by atoms with E-state index in [1.54, 1.807) is 18.9 Å². The van der Waals surface area contributed by atoms with E-state index in [4.69, 9.17) is 14.2 Å². The molecule has 0 aliphatic heterocycles. The molecule has 0 amide bonds. The number of esters is 1. The molecule has 0 N–H and O–H groups in total. The van der Waals surface area contributed by atoms with Gasteiger partial charge in [-0.25, -0.2) is 4.79 Å². The van der Waals surface area contributed by atoms with Crippen LogP contribution < -0.4 is 4.74 Å². The Bertz CT molecular complexity index is 816. The Morgan fingerprint density at radius 3 is 2.41 bits per heavy atom. The molecule has 29 heavy (non-hydrogen) atoms. The van der Waals surface area contributed by atoms with Crippen LogP contribution in [0.2, 0.25) is 25.7 Å². The van der Waals surface area contributed by atoms with Crippen LogP contribution in [0.1, 0.15) is 27.0 Å². The number of aryl methyl sites for hydroxylation is 1. The van der Waals surface area contributed by atoms with Crippen molar-refractivity contribution in [3.05, 3.63) is 58.7 Å². The maximum Gasteiger partial charge on any atom is 0.342 e. The fraction of sp³-hybridized carbons (Fsp3) is 0.435. The molecule has 6 heteroatoms. The van der Waals surface area contributed by atoms with Gasteiger partial charge in [0.05, 0.1) is 6.61 Å². The van der Waals surface area contributed by atoms with Gasteiger partial charge in [-0.1, -0.05) is 43.9 Å². The van der Waals surface area contributed by atoms with Crippen molar-refractivity contribution in [1.82, 2.24) is 0 Å². The maximum absolute atomic E-state index is 13.1. The van der Waals surface area contributed by atoms with Crippen molar-refractivity contribution in [1.29, 1.82) is 0 Å². The molecule has 2 aromatic carbocycles. The topological polar surface area (TPSA) is 44.8 Å². The first-order valence-corrected chi connectivity index (χ1v) is 14.5. The SMILES string of the molecule is COCOc1c(C)c(C)cc(CSc2ccccc2)c1C(=O)OCC[Si](C)(C)C. The molecule has 0 fully saturated rings. The standard InChI is InChI=1S/C23H32O4SSi/c1-17-14-19(15-28-20-10-8-7-9-11-20)21(22(18(17)2)27-16-25-3)23(24)26-12-13-29(4,5)6/h7-11,14H,12-13,15-16H2,1-6H3. The van der Waals surface area contributed by atoms with E-state index in [0.29, 0.717) is 23.7 Å². The van der Waals surface area contributed by atoms with Gasteiger partial charge in [-0.3, -0.25) is 0 Å². The summed E-state index contributed by atoms with van der Waals surface area (Å²) < 4.78 is 16.6. The Kier molecular flexibility index (Phi) is 8.80. The first kappa shape index (κ1) is 23.5. The van der Waals surface area contributed by atoms with Crippen LogP contribution in [0.25, 0.3) is 0 Å². The molecule has 0 saturated heterocycles. The Morgan fingerprint density at radius 1 is 1.10 bits per heavy atom. The molecule has 0 radical (unpaired) electrons. The predicted molar refractivity (Wildman–Crippen MR) is 123 cm³/mol. The molecule has 0 heterocycles. The highest BCUT2D eigenvalue weighted by Crippen LogP contribution is 2.34. The lowest BCUT2D eigenvalue weighted by atomic mass is 9.99. The smallest absolute Gasteiger partial charge is 0.342 e. The van der Waals surface area contributed by atoms with Gasteiger partial charge in [-0.15, -0.1) is 11.8 Å². The Hall–Kier alpha value is -1.76. The van der Waals surface area contributed by atoms with Gasteiger partial charge < -0.3 is 14.2 Å². The van der Waals surface area contributed by atoms with Crippen LogP contribution in [0.15, 0.2) is 41.3 Å². The van der Waals surface area contributed by atoms with Crippen molar-refractivity contribution in [2.45, 2.75) is 50.2 Å². The molecule has 0 unspecified atom stereocenters. The van der Waals surface area contributed by atoms with Gasteiger partial charge in [0, 0.05) is 25.8 Å². The first-order valence-electron chi connectivity index (χ1n) is 9.82. The third-order valence-electron chi connectivity index (χ3n) is 4.62. The van der Waals surface area contributed by atoms with Gasteiger partial charge in [0.2, 0.25) is 0 Å². The number of carbonyl (C=O) groups is 1. The maximum atomic E-state index is 13.1. The van der Waals surface area contributed by atoms with Crippen molar-refractivity contribution in [3.63, 3.8) is 0 Å². The summed E-state index contributed by atoms with van der Waals surface area (Å²) in [5.74, 6) is 0.905. The summed E-state index contributed by atoms with van der Waals surface area (Å²) in [5.41, 5.74) is 3.46. The summed E-state index contributed by atoms with van der Waals surface area (Å²) in [6.45, 7) is 11.3. The minimum Gasteiger partial charge on any atom is -0.466 e. The summed E-state index contributed by atoms with van der Waals surface area (Å²) in [6.07, 6.45) is 0. The lowest BCUT2D eigenvalue weighted by Crippen LogP contribution is -2.23. The molecule has 0 saturated carbocycles. The molecular formula is C23H32O4SSi. The highest BCUT2D eigenvalue weighted by atomic mass is 32.2. The van der Waals surface area contributed by atoms with Crippen LogP contribution in [0.4, 0.5) is 0 Å². The second kappa shape index (κ2) is 10.9. The number of thioether (sulfide) groups is 1. The average molecular weight is 433 g/mol. The van der Waals surface area contributed by atoms with E-state index in [1.165, 1.54) is 0 Å². The van der Waals surface area contributed by atoms with Gasteiger partial charge in [-0.05, 0) is 48.7 Å². The van der Waals surface area contributed by atoms with Crippen LogP contribution in [-0.2, 0) is 15.2 Å². The van der Waals surface area contributed by atoms with Gasteiger partial charge >= 0.3 is 5.97 Å². The van der Waals surface area contributed by atoms with Crippen LogP contribution in [0.5, 0.6) is 5.75 Å². The molecule has 0 aliphatic carbocycles. The van der Waals surface area contributed by atoms with E-state index >= 15 is 0 Å². The number of hydrogen-bond acceptors (Lipinski definition) is 5. The number of ether oxygens (including phenoxy) is 3. The van der Waals surface area contributed by atoms with Gasteiger partial charge in [-0.2, -0.15) is 0 Å². The van der Waals surface area contributed by atoms with Crippen molar-refractivity contribution in [2.24, 2.45) is 0 Å². The lowest BCUT2D eigenvalue weighted by molar-refractivity contribution is 0.0433. The first-order chi connectivity index (χ1) is 13.7. The van der Waals surface area contributed by atoms with Gasteiger partial charge in [0.15, 0.2) is 6.79 Å². The molecular weight excluding hydrogens is 400 g/mol. The van der Waals surface area contributed by atoms with Crippen molar-refractivity contribution >= 4 is 25.8 Å². The zero-order valence-corrected chi connectivity index (χ0v) is 20.2. The molecule has 0 atom stereocenters. The number of rotatable bonds is 10. The highest BCUT2D eigenvalue weighted by Gasteiger charge is 2.24. The normalized spacial score (nSPS) is 11.4. The fourth-order valence-electron chi connectivity index (χ4n) is 2.79. The summed E-state index contributed by atoms with van der Waals surface area (Å²) in [4.78, 5) is 14.2. The Balaban J connectivity index is 2.33. The second-order valence-corrected chi connectivity index (χ2v) is 15.0. The number of methoxy groups -OCH3 is 1. The molecule has 158 valence electrons. The van der Waals surface area contributed by atoms with Crippen LogP contribution >= 0.6 is 11.8 Å². The summed E-state index contributed by atoms with van der Waals surface area (Å²) in [6, 6.07) is 13.2. The molecule has 2 rings (SSSR count). The Morgan fingerprint density at radius 2 is 1.79 bits per heavy atom. The van der Waals surface area contributed by atoms with Crippen molar-refractivity contribution in [3.8, 4) is 5.75 Å².